The summed E-state index contributed by atoms with van der Waals surface area (Å²) in [5, 5.41) is 12.8. The van der Waals surface area contributed by atoms with E-state index in [1.54, 1.807) is 36.4 Å². The van der Waals surface area contributed by atoms with Gasteiger partial charge in [0.2, 0.25) is 5.91 Å². The number of nitrogens with one attached hydrogen (secondary N) is 1. The van der Waals surface area contributed by atoms with Gasteiger partial charge in [0, 0.05) is 49.9 Å². The summed E-state index contributed by atoms with van der Waals surface area (Å²) in [4.78, 5) is 42.9. The maximum absolute atomic E-state index is 12.8. The molecule has 2 amide bonds. The van der Waals surface area contributed by atoms with E-state index in [1.807, 2.05) is 4.90 Å². The summed E-state index contributed by atoms with van der Waals surface area (Å²) in [5.74, 6) is -1.18. The zero-order chi connectivity index (χ0) is 23.4. The van der Waals surface area contributed by atoms with Crippen LogP contribution in [0.1, 0.15) is 33.6 Å². The lowest BCUT2D eigenvalue weighted by molar-refractivity contribution is -0.131. The standard InChI is InChI=1S/C24H27ClN4O4/c25-19-5-3-4-17(14-19)23(31)26-20-7-6-18(24(32)33)15-21(20)28-12-10-27(11-13-28)16-22(30)29-8-1-2-9-29/h3-7,14-15H,1-2,8-13,16H2,(H,26,31)(H,32,33). The van der Waals surface area contributed by atoms with Crippen LogP contribution in [-0.2, 0) is 4.79 Å². The van der Waals surface area contributed by atoms with Crippen molar-refractivity contribution in [3.05, 3.63) is 58.6 Å². The molecular weight excluding hydrogens is 444 g/mol. The number of rotatable bonds is 6. The van der Waals surface area contributed by atoms with Crippen LogP contribution in [0.4, 0.5) is 11.4 Å². The zero-order valence-corrected chi connectivity index (χ0v) is 19.1. The van der Waals surface area contributed by atoms with Crippen molar-refractivity contribution in [3.63, 3.8) is 0 Å². The quantitative estimate of drug-likeness (QED) is 0.674. The summed E-state index contributed by atoms with van der Waals surface area (Å²) in [7, 11) is 0. The van der Waals surface area contributed by atoms with Gasteiger partial charge in [-0.1, -0.05) is 17.7 Å². The third-order valence-electron chi connectivity index (χ3n) is 6.11. The molecular formula is C24H27ClN4O4. The van der Waals surface area contributed by atoms with Gasteiger partial charge in [0.05, 0.1) is 23.5 Å². The molecule has 33 heavy (non-hydrogen) atoms. The smallest absolute Gasteiger partial charge is 0.335 e. The molecule has 2 N–H and O–H groups in total. The Kier molecular flexibility index (Phi) is 7.15. The fourth-order valence-corrected chi connectivity index (χ4v) is 4.45. The molecule has 9 heteroatoms. The van der Waals surface area contributed by atoms with Gasteiger partial charge in [0.15, 0.2) is 0 Å². The first-order valence-corrected chi connectivity index (χ1v) is 11.5. The van der Waals surface area contributed by atoms with E-state index in [0.717, 1.165) is 25.9 Å². The van der Waals surface area contributed by atoms with Gasteiger partial charge in [0.25, 0.3) is 5.91 Å². The average Bonchev–Trinajstić information content (AvgIpc) is 3.35. The van der Waals surface area contributed by atoms with Crippen molar-refractivity contribution in [3.8, 4) is 0 Å². The number of likely N-dealkylation sites (tertiary alicyclic amines) is 1. The van der Waals surface area contributed by atoms with E-state index >= 15 is 0 Å². The maximum atomic E-state index is 12.8. The van der Waals surface area contributed by atoms with Crippen LogP contribution in [0.5, 0.6) is 0 Å². The number of aromatic carboxylic acids is 1. The summed E-state index contributed by atoms with van der Waals surface area (Å²) in [6.45, 7) is 4.69. The molecule has 2 heterocycles. The van der Waals surface area contributed by atoms with E-state index in [2.05, 4.69) is 15.1 Å². The van der Waals surface area contributed by atoms with Gasteiger partial charge in [-0.2, -0.15) is 0 Å². The molecule has 0 spiro atoms. The number of nitrogens with zero attached hydrogens (tertiary/aromatic N) is 3. The second-order valence-corrected chi connectivity index (χ2v) is 8.79. The molecule has 0 radical (unpaired) electrons. The number of hydrogen-bond acceptors (Lipinski definition) is 5. The minimum absolute atomic E-state index is 0.150. The maximum Gasteiger partial charge on any atom is 0.335 e. The summed E-state index contributed by atoms with van der Waals surface area (Å²) in [6, 6.07) is 11.3. The highest BCUT2D eigenvalue weighted by atomic mass is 35.5. The number of halogens is 1. The first-order chi connectivity index (χ1) is 15.9. The molecule has 4 rings (SSSR count). The molecule has 2 aromatic rings. The van der Waals surface area contributed by atoms with Gasteiger partial charge in [-0.05, 0) is 49.2 Å². The summed E-state index contributed by atoms with van der Waals surface area (Å²) >= 11 is 6.01. The highest BCUT2D eigenvalue weighted by Gasteiger charge is 2.25. The van der Waals surface area contributed by atoms with Gasteiger partial charge in [0.1, 0.15) is 0 Å². The molecule has 0 bridgehead atoms. The van der Waals surface area contributed by atoms with Gasteiger partial charge < -0.3 is 20.2 Å². The Hall–Kier alpha value is -3.10. The molecule has 2 aliphatic rings. The van der Waals surface area contributed by atoms with Crippen molar-refractivity contribution in [1.82, 2.24) is 9.80 Å². The van der Waals surface area contributed by atoms with Crippen molar-refractivity contribution in [2.75, 3.05) is 56.0 Å². The van der Waals surface area contributed by atoms with Crippen molar-refractivity contribution in [2.45, 2.75) is 12.8 Å². The van der Waals surface area contributed by atoms with E-state index in [9.17, 15) is 19.5 Å². The SMILES string of the molecule is O=C(O)c1ccc(NC(=O)c2cccc(Cl)c2)c(N2CCN(CC(=O)N3CCCC3)CC2)c1. The molecule has 8 nitrogen and oxygen atoms in total. The monoisotopic (exact) mass is 470 g/mol. The molecule has 0 atom stereocenters. The number of carbonyl (C=O) groups is 3. The number of carboxylic acid groups (broad SMARTS) is 1. The molecule has 2 aromatic carbocycles. The fraction of sp³-hybridized carbons (Fsp3) is 0.375. The van der Waals surface area contributed by atoms with Gasteiger partial charge in [-0.25, -0.2) is 4.79 Å². The van der Waals surface area contributed by atoms with Crippen LogP contribution in [0.25, 0.3) is 0 Å². The van der Waals surface area contributed by atoms with E-state index < -0.39 is 5.97 Å². The van der Waals surface area contributed by atoms with E-state index in [4.69, 9.17) is 11.6 Å². The third kappa shape index (κ3) is 5.64. The Morgan fingerprint density at radius 1 is 0.909 bits per heavy atom. The largest absolute Gasteiger partial charge is 0.478 e. The second kappa shape index (κ2) is 10.2. The van der Waals surface area contributed by atoms with Crippen LogP contribution in [0.15, 0.2) is 42.5 Å². The molecule has 0 saturated carbocycles. The topological polar surface area (TPSA) is 93.2 Å². The van der Waals surface area contributed by atoms with Crippen LogP contribution in [-0.4, -0.2) is 78.5 Å². The highest BCUT2D eigenvalue weighted by molar-refractivity contribution is 6.31. The lowest BCUT2D eigenvalue weighted by atomic mass is 10.1. The zero-order valence-electron chi connectivity index (χ0n) is 18.3. The summed E-state index contributed by atoms with van der Waals surface area (Å²) in [6.07, 6.45) is 2.15. The molecule has 174 valence electrons. The minimum atomic E-state index is -1.03. The number of piperazine rings is 1. The van der Waals surface area contributed by atoms with Gasteiger partial charge in [-0.15, -0.1) is 0 Å². The Morgan fingerprint density at radius 2 is 1.64 bits per heavy atom. The van der Waals surface area contributed by atoms with Crippen molar-refractivity contribution in [1.29, 1.82) is 0 Å². The van der Waals surface area contributed by atoms with Crippen molar-refractivity contribution in [2.24, 2.45) is 0 Å². The number of amides is 2. The Morgan fingerprint density at radius 3 is 2.30 bits per heavy atom. The lowest BCUT2D eigenvalue weighted by Gasteiger charge is -2.37. The molecule has 0 aliphatic carbocycles. The van der Waals surface area contributed by atoms with Crippen molar-refractivity contribution < 1.29 is 19.5 Å². The second-order valence-electron chi connectivity index (χ2n) is 8.35. The minimum Gasteiger partial charge on any atom is -0.478 e. The van der Waals surface area contributed by atoms with Crippen LogP contribution in [0.3, 0.4) is 0 Å². The van der Waals surface area contributed by atoms with E-state index in [1.165, 1.54) is 6.07 Å². The molecule has 2 saturated heterocycles. The first-order valence-electron chi connectivity index (χ1n) is 11.1. The van der Waals surface area contributed by atoms with Crippen LogP contribution >= 0.6 is 11.6 Å². The predicted octanol–water partition coefficient (Wildman–Crippen LogP) is 3.03. The number of hydrogen-bond donors (Lipinski definition) is 2. The van der Waals surface area contributed by atoms with E-state index in [-0.39, 0.29) is 17.4 Å². The number of anilines is 2. The Balaban J connectivity index is 1.46. The third-order valence-corrected chi connectivity index (χ3v) is 6.35. The molecule has 2 aliphatic heterocycles. The number of benzene rings is 2. The fourth-order valence-electron chi connectivity index (χ4n) is 4.26. The lowest BCUT2D eigenvalue weighted by Crippen LogP contribution is -2.50. The van der Waals surface area contributed by atoms with Crippen molar-refractivity contribution >= 4 is 40.8 Å². The number of carboxylic acids is 1. The normalized spacial score (nSPS) is 16.6. The van der Waals surface area contributed by atoms with Gasteiger partial charge in [-0.3, -0.25) is 14.5 Å². The summed E-state index contributed by atoms with van der Waals surface area (Å²) in [5.41, 5.74) is 1.75. The van der Waals surface area contributed by atoms with E-state index in [0.29, 0.717) is 54.7 Å². The number of carbonyl (C=O) groups excluding carboxylic acids is 2. The molecule has 2 fully saturated rings. The van der Waals surface area contributed by atoms with Crippen LogP contribution < -0.4 is 10.2 Å². The van der Waals surface area contributed by atoms with Gasteiger partial charge >= 0.3 is 5.97 Å². The summed E-state index contributed by atoms with van der Waals surface area (Å²) < 4.78 is 0. The Bertz CT molecular complexity index is 1050. The predicted molar refractivity (Wildman–Crippen MR) is 127 cm³/mol. The molecule has 0 aromatic heterocycles. The highest BCUT2D eigenvalue weighted by Crippen LogP contribution is 2.29. The van der Waals surface area contributed by atoms with Crippen LogP contribution in [0.2, 0.25) is 5.02 Å². The Labute approximate surface area is 197 Å². The van der Waals surface area contributed by atoms with Crippen LogP contribution in [0, 0.1) is 0 Å². The molecule has 0 unspecified atom stereocenters. The first kappa shape index (κ1) is 23.1. The average molecular weight is 471 g/mol.